The number of hydrogen-bond donors (Lipinski definition) is 4. The van der Waals surface area contributed by atoms with Crippen molar-refractivity contribution < 1.29 is 19.2 Å². The number of rotatable bonds is 20. The van der Waals surface area contributed by atoms with E-state index in [0.29, 0.717) is 89.7 Å². The van der Waals surface area contributed by atoms with Crippen LogP contribution < -0.4 is 21.3 Å². The lowest BCUT2D eigenvalue weighted by atomic mass is 9.75. The summed E-state index contributed by atoms with van der Waals surface area (Å²) in [6, 6.07) is 71.6. The Bertz CT molecular complexity index is 4560. The first kappa shape index (κ1) is 84.4. The number of fused-ring (bicyclic) bond motifs is 4. The van der Waals surface area contributed by atoms with Crippen LogP contribution in [0, 0.1) is 23.7 Å². The first-order valence-electron chi connectivity index (χ1n) is 42.2. The van der Waals surface area contributed by atoms with Crippen LogP contribution in [0.15, 0.2) is 243 Å². The van der Waals surface area contributed by atoms with Crippen LogP contribution in [-0.4, -0.2) is 67.7 Å². The molecule has 16 heteroatoms. The Morgan fingerprint density at radius 3 is 0.638 bits per heavy atom. The number of hydrogen-bond acceptors (Lipinski definition) is 8. The molecule has 116 heavy (non-hydrogen) atoms. The van der Waals surface area contributed by atoms with Crippen LogP contribution in [0.2, 0.25) is 20.1 Å². The molecular formula is C100H108Cl4N8O4. The van der Waals surface area contributed by atoms with Crippen LogP contribution in [0.4, 0.5) is 0 Å². The third-order valence-electron chi connectivity index (χ3n) is 25.1. The molecule has 4 N–H and O–H groups in total. The van der Waals surface area contributed by atoms with Gasteiger partial charge in [0.1, 0.15) is 0 Å². The van der Waals surface area contributed by atoms with E-state index < -0.39 is 0 Å². The second-order valence-electron chi connectivity index (χ2n) is 32.3. The fourth-order valence-electron chi connectivity index (χ4n) is 18.3. The molecule has 12 nitrogen and oxygen atoms in total. The van der Waals surface area contributed by atoms with Crippen LogP contribution in [0.3, 0.4) is 0 Å². The molecule has 4 saturated carbocycles. The molecule has 4 aromatic heterocycles. The molecule has 0 saturated heterocycles. The highest BCUT2D eigenvalue weighted by Crippen LogP contribution is 2.43. The fraction of sp³-hybridized carbons (Fsp3) is 0.360. The highest BCUT2D eigenvalue weighted by molar-refractivity contribution is 6.31. The number of pyridine rings is 4. The van der Waals surface area contributed by atoms with E-state index in [4.69, 9.17) is 46.4 Å². The smallest absolute Gasteiger partial charge is 0.251 e. The van der Waals surface area contributed by atoms with Crippen LogP contribution >= 0.6 is 46.4 Å². The normalized spacial score (nSPS) is 20.3. The van der Waals surface area contributed by atoms with Crippen LogP contribution in [0.25, 0.3) is 43.6 Å². The standard InChI is InChI=1S/4C25H27ClN2O/c4*1-2-23(28-25(29)19-11-13-22(26)14-12-19)18-9-7-17(8-10-18)21-15-20-5-3-4-6-24(20)27-16-21/h4*3-6,11-18,23H,2,7-10H2,1H3,(H,28,29)/t2*17-,18+,23-;2*17-,18-,23-/m1010/s1. The number of nitrogens with one attached hydrogen (secondary N) is 4. The third kappa shape index (κ3) is 22.6. The Kier molecular flexibility index (Phi) is 30.2. The lowest BCUT2D eigenvalue weighted by Crippen LogP contribution is -2.41. The van der Waals surface area contributed by atoms with E-state index in [9.17, 15) is 19.2 Å². The van der Waals surface area contributed by atoms with Gasteiger partial charge in [-0.15, -0.1) is 0 Å². The number of carbonyl (C=O) groups excluding carboxylic acids is 4. The zero-order chi connectivity index (χ0) is 80.9. The number of benzene rings is 8. The Balaban J connectivity index is 0.000000135. The molecule has 4 atom stereocenters. The molecule has 16 rings (SSSR count). The SMILES string of the molecule is CC[C@@H](NC(=O)c1ccc(Cl)cc1)[C@H]1CC[C@@H](c2cnc3ccccc3c2)CC1.CC[C@@H](NC(=O)c1ccc(Cl)cc1)[C@H]1CC[C@H](c2cnc3ccccc3c2)CC1.CC[C@H](NC(=O)c1ccc(Cl)cc1)[C@H]1CC[C@@H](c2cnc3ccccc3c2)CC1.CC[C@H](NC(=O)c1ccc(Cl)cc1)[C@H]1CC[C@H](c2cnc3ccccc3c2)CC1. The van der Waals surface area contributed by atoms with Crippen molar-refractivity contribution in [2.24, 2.45) is 23.7 Å². The highest BCUT2D eigenvalue weighted by atomic mass is 35.5. The Hall–Kier alpha value is -9.56. The van der Waals surface area contributed by atoms with Crippen LogP contribution in [0.1, 0.15) is 243 Å². The molecular weight excluding hydrogens is 1520 g/mol. The Morgan fingerprint density at radius 2 is 0.457 bits per heavy atom. The topological polar surface area (TPSA) is 168 Å². The first-order valence-corrected chi connectivity index (χ1v) is 43.7. The monoisotopic (exact) mass is 1620 g/mol. The zero-order valence-electron chi connectivity index (χ0n) is 67.1. The number of nitrogens with zero attached hydrogens (tertiary/aromatic N) is 4. The summed E-state index contributed by atoms with van der Waals surface area (Å²) in [5.74, 6) is 4.34. The average molecular weight is 1630 g/mol. The molecule has 0 spiro atoms. The van der Waals surface area contributed by atoms with Gasteiger partial charge in [-0.3, -0.25) is 39.1 Å². The fourth-order valence-corrected chi connectivity index (χ4v) is 18.8. The van der Waals surface area contributed by atoms with Crippen LogP contribution in [-0.2, 0) is 0 Å². The van der Waals surface area contributed by atoms with Gasteiger partial charge in [-0.1, -0.05) is 147 Å². The lowest BCUT2D eigenvalue weighted by Gasteiger charge is -2.34. The highest BCUT2D eigenvalue weighted by Gasteiger charge is 2.34. The number of amides is 4. The maximum Gasteiger partial charge on any atom is 0.251 e. The van der Waals surface area contributed by atoms with E-state index in [-0.39, 0.29) is 47.8 Å². The minimum atomic E-state index is -0.00521. The number of halogens is 4. The van der Waals surface area contributed by atoms with E-state index >= 15 is 0 Å². The van der Waals surface area contributed by atoms with Gasteiger partial charge in [-0.05, 0) is 344 Å². The zero-order valence-corrected chi connectivity index (χ0v) is 70.1. The van der Waals surface area contributed by atoms with Crippen molar-refractivity contribution in [3.8, 4) is 0 Å². The third-order valence-corrected chi connectivity index (χ3v) is 26.2. The van der Waals surface area contributed by atoms with Gasteiger partial charge in [0.05, 0.1) is 22.1 Å². The largest absolute Gasteiger partial charge is 0.349 e. The molecule has 0 bridgehead atoms. The number of carbonyl (C=O) groups is 4. The molecule has 4 aliphatic carbocycles. The van der Waals surface area contributed by atoms with Crippen molar-refractivity contribution in [2.75, 3.05) is 0 Å². The van der Waals surface area contributed by atoms with Crippen molar-refractivity contribution in [3.63, 3.8) is 0 Å². The van der Waals surface area contributed by atoms with Gasteiger partial charge in [-0.25, -0.2) is 0 Å². The first-order chi connectivity index (χ1) is 56.5. The quantitative estimate of drug-likeness (QED) is 0.0585. The van der Waals surface area contributed by atoms with Crippen molar-refractivity contribution in [1.82, 2.24) is 41.2 Å². The van der Waals surface area contributed by atoms with E-state index in [0.717, 1.165) is 150 Å². The van der Waals surface area contributed by atoms with Gasteiger partial charge in [0.25, 0.3) is 23.6 Å². The number of para-hydroxylation sites is 4. The van der Waals surface area contributed by atoms with Gasteiger partial charge < -0.3 is 21.3 Å². The summed E-state index contributed by atoms with van der Waals surface area (Å²) in [7, 11) is 0. The summed E-state index contributed by atoms with van der Waals surface area (Å²) in [5.41, 5.74) is 12.3. The van der Waals surface area contributed by atoms with E-state index in [1.165, 1.54) is 43.8 Å². The summed E-state index contributed by atoms with van der Waals surface area (Å²) in [6.45, 7) is 8.64. The van der Waals surface area contributed by atoms with Crippen molar-refractivity contribution in [1.29, 1.82) is 0 Å². The Labute approximate surface area is 704 Å². The van der Waals surface area contributed by atoms with Gasteiger partial charge >= 0.3 is 0 Å². The van der Waals surface area contributed by atoms with E-state index in [1.54, 1.807) is 97.1 Å². The molecule has 12 aromatic rings. The van der Waals surface area contributed by atoms with Crippen molar-refractivity contribution in [3.05, 3.63) is 308 Å². The molecule has 4 aliphatic rings. The second-order valence-corrected chi connectivity index (χ2v) is 34.0. The minimum Gasteiger partial charge on any atom is -0.349 e. The summed E-state index contributed by atoms with van der Waals surface area (Å²) in [4.78, 5) is 69.0. The summed E-state index contributed by atoms with van der Waals surface area (Å²) in [6.07, 6.45) is 30.3. The van der Waals surface area contributed by atoms with Crippen LogP contribution in [0.5, 0.6) is 0 Å². The maximum atomic E-state index is 12.6. The second kappa shape index (κ2) is 41.5. The summed E-state index contributed by atoms with van der Waals surface area (Å²) < 4.78 is 0. The minimum absolute atomic E-state index is 0.00521. The van der Waals surface area contributed by atoms with Crippen molar-refractivity contribution >= 4 is 114 Å². The number of aromatic nitrogens is 4. The molecule has 0 aliphatic heterocycles. The van der Waals surface area contributed by atoms with E-state index in [1.807, 2.05) is 49.1 Å². The molecule has 8 aromatic carbocycles. The van der Waals surface area contributed by atoms with Gasteiger partial charge in [-0.2, -0.15) is 0 Å². The molecule has 4 amide bonds. The van der Waals surface area contributed by atoms with Gasteiger partial charge in [0.2, 0.25) is 0 Å². The summed E-state index contributed by atoms with van der Waals surface area (Å²) in [5, 5.41) is 20.5. The molecule has 4 heterocycles. The van der Waals surface area contributed by atoms with Crippen molar-refractivity contribution in [2.45, 2.75) is 204 Å². The summed E-state index contributed by atoms with van der Waals surface area (Å²) >= 11 is 23.7. The van der Waals surface area contributed by atoms with Gasteiger partial charge in [0.15, 0.2) is 0 Å². The molecule has 0 radical (unpaired) electrons. The Morgan fingerprint density at radius 1 is 0.276 bits per heavy atom. The molecule has 600 valence electrons. The average Bonchev–Trinajstić information content (AvgIpc) is 0.827. The predicted octanol–water partition coefficient (Wildman–Crippen LogP) is 25.5. The maximum absolute atomic E-state index is 12.6. The van der Waals surface area contributed by atoms with E-state index in [2.05, 4.69) is 166 Å². The molecule has 4 fully saturated rings. The van der Waals surface area contributed by atoms with Gasteiger partial charge in [0, 0.05) is 113 Å². The predicted molar refractivity (Wildman–Crippen MR) is 478 cm³/mol. The molecule has 0 unspecified atom stereocenters. The lowest BCUT2D eigenvalue weighted by molar-refractivity contribution is 0.0901.